The number of rotatable bonds is 3. The molecule has 0 unspecified atom stereocenters. The van der Waals surface area contributed by atoms with Gasteiger partial charge in [-0.15, -0.1) is 0 Å². The largest absolute Gasteiger partial charge is 0.397 e. The van der Waals surface area contributed by atoms with Gasteiger partial charge in [0, 0.05) is 22.8 Å². The summed E-state index contributed by atoms with van der Waals surface area (Å²) in [5.41, 5.74) is 4.05. The normalized spacial score (nSPS) is 12.4. The number of fused-ring (bicyclic) bond motifs is 1. The molecular formula is C20H17ClF3N3O2. The summed E-state index contributed by atoms with van der Waals surface area (Å²) >= 11 is 6.20. The van der Waals surface area contributed by atoms with Gasteiger partial charge in [-0.3, -0.25) is 14.6 Å². The highest BCUT2D eigenvalue weighted by Crippen LogP contribution is 2.44. The molecule has 0 aliphatic carbocycles. The molecule has 0 bridgehead atoms. The van der Waals surface area contributed by atoms with Gasteiger partial charge in [-0.05, 0) is 44.0 Å². The maximum Gasteiger partial charge on any atom is 0.397 e. The maximum absolute atomic E-state index is 13.4. The maximum atomic E-state index is 13.4. The lowest BCUT2D eigenvalue weighted by Gasteiger charge is -2.30. The number of aromatic amines is 1. The number of carbonyl (C=O) groups is 1. The van der Waals surface area contributed by atoms with Crippen LogP contribution < -0.4 is 11.2 Å². The van der Waals surface area contributed by atoms with Crippen molar-refractivity contribution in [2.45, 2.75) is 32.4 Å². The molecule has 152 valence electrons. The fourth-order valence-corrected chi connectivity index (χ4v) is 3.53. The number of hydrogen-bond acceptors (Lipinski definition) is 3. The average Bonchev–Trinajstić information content (AvgIpc) is 2.61. The van der Waals surface area contributed by atoms with E-state index in [4.69, 9.17) is 17.3 Å². The standard InChI is InChI=1S/C20H17ClF3N3O2/c1-9-6-11(19(2,3)20(22,23)24)12(21)7-10(9)14-8-15(28)16-13(27-14)4-5-26-17(16)18(25)29/h4-8H,1-3H3,(H2,25,29)(H,27,28). The second kappa shape index (κ2) is 6.88. The lowest BCUT2D eigenvalue weighted by molar-refractivity contribution is -0.180. The quantitative estimate of drug-likeness (QED) is 0.650. The molecule has 0 radical (unpaired) electrons. The number of primary amides is 1. The van der Waals surface area contributed by atoms with Crippen molar-refractivity contribution in [3.05, 3.63) is 62.5 Å². The van der Waals surface area contributed by atoms with E-state index in [0.29, 0.717) is 22.3 Å². The molecule has 3 aromatic rings. The van der Waals surface area contributed by atoms with Gasteiger partial charge in [0.05, 0.1) is 22.0 Å². The fourth-order valence-electron chi connectivity index (χ4n) is 3.14. The second-order valence-corrected chi connectivity index (χ2v) is 7.67. The minimum atomic E-state index is -4.49. The molecule has 3 N–H and O–H groups in total. The average molecular weight is 424 g/mol. The summed E-state index contributed by atoms with van der Waals surface area (Å²) in [6.45, 7) is 3.75. The minimum Gasteiger partial charge on any atom is -0.364 e. The van der Waals surface area contributed by atoms with Gasteiger partial charge in [0.1, 0.15) is 5.69 Å². The second-order valence-electron chi connectivity index (χ2n) is 7.26. The first-order valence-corrected chi connectivity index (χ1v) is 8.92. The number of nitrogens with one attached hydrogen (secondary N) is 1. The molecule has 3 rings (SSSR count). The van der Waals surface area contributed by atoms with Gasteiger partial charge in [-0.2, -0.15) is 13.2 Å². The number of carbonyl (C=O) groups excluding carboxylic acids is 1. The van der Waals surface area contributed by atoms with E-state index in [9.17, 15) is 22.8 Å². The summed E-state index contributed by atoms with van der Waals surface area (Å²) in [6, 6.07) is 5.51. The van der Waals surface area contributed by atoms with Gasteiger partial charge in [-0.25, -0.2) is 0 Å². The molecular weight excluding hydrogens is 407 g/mol. The van der Waals surface area contributed by atoms with Crippen LogP contribution in [0, 0.1) is 6.92 Å². The Morgan fingerprint density at radius 3 is 2.45 bits per heavy atom. The molecule has 1 amide bonds. The third-order valence-electron chi connectivity index (χ3n) is 4.96. The van der Waals surface area contributed by atoms with Gasteiger partial charge < -0.3 is 10.7 Å². The van der Waals surface area contributed by atoms with Gasteiger partial charge in [0.2, 0.25) is 0 Å². The molecule has 5 nitrogen and oxygen atoms in total. The van der Waals surface area contributed by atoms with Crippen molar-refractivity contribution in [2.24, 2.45) is 5.73 Å². The SMILES string of the molecule is Cc1cc(C(C)(C)C(F)(F)F)c(Cl)cc1-c1cc(=O)c2c(C(N)=O)nccc2[nH]1. The molecule has 0 aliphatic heterocycles. The van der Waals surface area contributed by atoms with Crippen molar-refractivity contribution in [2.75, 3.05) is 0 Å². The Kier molecular flexibility index (Phi) is 4.94. The molecule has 0 atom stereocenters. The van der Waals surface area contributed by atoms with Gasteiger partial charge in [0.25, 0.3) is 5.91 Å². The number of amides is 1. The number of alkyl halides is 3. The molecule has 29 heavy (non-hydrogen) atoms. The van der Waals surface area contributed by atoms with Crippen molar-refractivity contribution in [3.63, 3.8) is 0 Å². The van der Waals surface area contributed by atoms with Crippen LogP contribution in [-0.2, 0) is 5.41 Å². The van der Waals surface area contributed by atoms with Crippen LogP contribution in [0.3, 0.4) is 0 Å². The highest BCUT2D eigenvalue weighted by molar-refractivity contribution is 6.31. The van der Waals surface area contributed by atoms with Crippen molar-refractivity contribution in [1.82, 2.24) is 9.97 Å². The number of pyridine rings is 2. The zero-order valence-electron chi connectivity index (χ0n) is 15.7. The van der Waals surface area contributed by atoms with E-state index >= 15 is 0 Å². The number of nitrogens with two attached hydrogens (primary N) is 1. The molecule has 9 heteroatoms. The van der Waals surface area contributed by atoms with Crippen LogP contribution in [0.15, 0.2) is 35.3 Å². The van der Waals surface area contributed by atoms with Gasteiger partial charge in [0.15, 0.2) is 5.43 Å². The number of hydrogen-bond donors (Lipinski definition) is 2. The van der Waals surface area contributed by atoms with Crippen LogP contribution in [0.2, 0.25) is 5.02 Å². The monoisotopic (exact) mass is 423 g/mol. The number of aromatic nitrogens is 2. The molecule has 2 heterocycles. The molecule has 2 aromatic heterocycles. The van der Waals surface area contributed by atoms with Crippen molar-refractivity contribution in [3.8, 4) is 11.3 Å². The highest BCUT2D eigenvalue weighted by atomic mass is 35.5. The number of benzene rings is 1. The van der Waals surface area contributed by atoms with Crippen molar-refractivity contribution >= 4 is 28.4 Å². The van der Waals surface area contributed by atoms with E-state index in [1.54, 1.807) is 6.92 Å². The predicted molar refractivity (Wildman–Crippen MR) is 105 cm³/mol. The topological polar surface area (TPSA) is 88.8 Å². The Balaban J connectivity index is 2.23. The van der Waals surface area contributed by atoms with Gasteiger partial charge in [-0.1, -0.05) is 17.7 Å². The number of H-pyrrole nitrogens is 1. The van der Waals surface area contributed by atoms with E-state index < -0.39 is 22.9 Å². The summed E-state index contributed by atoms with van der Waals surface area (Å²) in [6.07, 6.45) is -3.16. The first-order valence-electron chi connectivity index (χ1n) is 8.54. The van der Waals surface area contributed by atoms with E-state index in [-0.39, 0.29) is 21.7 Å². The zero-order chi connectivity index (χ0) is 21.7. The Morgan fingerprint density at radius 1 is 1.21 bits per heavy atom. The smallest absolute Gasteiger partial charge is 0.364 e. The van der Waals surface area contributed by atoms with E-state index in [2.05, 4.69) is 9.97 Å². The Labute approximate surface area is 168 Å². The number of aryl methyl sites for hydroxylation is 1. The minimum absolute atomic E-state index is 0.0438. The summed E-state index contributed by atoms with van der Waals surface area (Å²) in [7, 11) is 0. The van der Waals surface area contributed by atoms with Crippen LogP contribution in [0.25, 0.3) is 22.2 Å². The van der Waals surface area contributed by atoms with E-state index in [0.717, 1.165) is 13.8 Å². The molecule has 0 spiro atoms. The lowest BCUT2D eigenvalue weighted by atomic mass is 9.82. The van der Waals surface area contributed by atoms with Gasteiger partial charge >= 0.3 is 6.18 Å². The fraction of sp³-hybridized carbons (Fsp3) is 0.250. The van der Waals surface area contributed by atoms with Crippen LogP contribution in [0.5, 0.6) is 0 Å². The molecule has 0 saturated heterocycles. The summed E-state index contributed by atoms with van der Waals surface area (Å²) in [4.78, 5) is 31.0. The van der Waals surface area contributed by atoms with Crippen LogP contribution in [0.1, 0.15) is 35.5 Å². The summed E-state index contributed by atoms with van der Waals surface area (Å²) in [5.74, 6) is -0.841. The Hall–Kier alpha value is -2.87. The summed E-state index contributed by atoms with van der Waals surface area (Å²) in [5, 5.41) is -0.0243. The first kappa shape index (κ1) is 20.9. The third-order valence-corrected chi connectivity index (χ3v) is 5.27. The van der Waals surface area contributed by atoms with E-state index in [1.807, 2.05) is 0 Å². The Bertz CT molecular complexity index is 1200. The molecule has 0 fully saturated rings. The Morgan fingerprint density at radius 2 is 1.86 bits per heavy atom. The third kappa shape index (κ3) is 3.48. The first-order chi connectivity index (χ1) is 13.3. The van der Waals surface area contributed by atoms with Crippen LogP contribution >= 0.6 is 11.6 Å². The van der Waals surface area contributed by atoms with Crippen LogP contribution in [-0.4, -0.2) is 22.1 Å². The lowest BCUT2D eigenvalue weighted by Crippen LogP contribution is -2.36. The molecule has 0 aliphatic rings. The molecule has 0 saturated carbocycles. The zero-order valence-corrected chi connectivity index (χ0v) is 16.5. The van der Waals surface area contributed by atoms with E-state index in [1.165, 1.54) is 30.5 Å². The number of halogens is 4. The van der Waals surface area contributed by atoms with Crippen LogP contribution in [0.4, 0.5) is 13.2 Å². The summed E-state index contributed by atoms with van der Waals surface area (Å²) < 4.78 is 40.3. The van der Waals surface area contributed by atoms with Crippen molar-refractivity contribution < 1.29 is 18.0 Å². The molecule has 1 aromatic carbocycles. The predicted octanol–water partition coefficient (Wildman–Crippen LogP) is 4.49. The highest BCUT2D eigenvalue weighted by Gasteiger charge is 2.49. The van der Waals surface area contributed by atoms with Crippen molar-refractivity contribution in [1.29, 1.82) is 0 Å². The number of nitrogens with zero attached hydrogens (tertiary/aromatic N) is 1.